The highest BCUT2D eigenvalue weighted by molar-refractivity contribution is 5.84. The molecule has 3 heteroatoms. The second-order valence-corrected chi connectivity index (χ2v) is 5.31. The van der Waals surface area contributed by atoms with Gasteiger partial charge in [-0.05, 0) is 37.6 Å². The Kier molecular flexibility index (Phi) is 4.24. The number of nitrogens with zero attached hydrogens (tertiary/aromatic N) is 2. The first kappa shape index (κ1) is 14.4. The lowest BCUT2D eigenvalue weighted by Gasteiger charge is -2.11. The summed E-state index contributed by atoms with van der Waals surface area (Å²) in [4.78, 5) is 4.80. The fraction of sp³-hybridized carbons (Fsp3) is 0.211. The summed E-state index contributed by atoms with van der Waals surface area (Å²) in [5.74, 6) is 0.996. The summed E-state index contributed by atoms with van der Waals surface area (Å²) in [6.45, 7) is 2.97. The highest BCUT2D eigenvalue weighted by atomic mass is 15.1. The molecule has 0 fully saturated rings. The van der Waals surface area contributed by atoms with E-state index in [-0.39, 0.29) is 0 Å². The number of fused-ring (bicyclic) bond motifs is 1. The van der Waals surface area contributed by atoms with E-state index >= 15 is 0 Å². The molecule has 0 aliphatic rings. The lowest BCUT2D eigenvalue weighted by atomic mass is 10.1. The molecule has 0 unspecified atom stereocenters. The second-order valence-electron chi connectivity index (χ2n) is 5.31. The lowest BCUT2D eigenvalue weighted by molar-refractivity contribution is 0.958. The largest absolute Gasteiger partial charge is 0.384 e. The maximum Gasteiger partial charge on any atom is 0.142 e. The second kappa shape index (κ2) is 6.48. The number of imidazole rings is 1. The number of allylic oxidation sites excluding steroid dienone is 1. The van der Waals surface area contributed by atoms with Crippen LogP contribution >= 0.6 is 0 Å². The lowest BCUT2D eigenvalue weighted by Crippen LogP contribution is -2.03. The van der Waals surface area contributed by atoms with Crippen molar-refractivity contribution in [2.24, 2.45) is 7.05 Å². The van der Waals surface area contributed by atoms with Gasteiger partial charge >= 0.3 is 0 Å². The van der Waals surface area contributed by atoms with Crippen molar-refractivity contribution in [1.29, 1.82) is 0 Å². The smallest absolute Gasteiger partial charge is 0.142 e. The molecule has 0 aliphatic carbocycles. The van der Waals surface area contributed by atoms with Crippen molar-refractivity contribution >= 4 is 16.7 Å². The van der Waals surface area contributed by atoms with Gasteiger partial charge in [0.2, 0.25) is 0 Å². The van der Waals surface area contributed by atoms with Gasteiger partial charge < -0.3 is 9.88 Å². The molecular weight excluding hydrogens is 270 g/mol. The predicted molar refractivity (Wildman–Crippen MR) is 94.1 cm³/mol. The molecule has 0 atom stereocenters. The highest BCUT2D eigenvalue weighted by Crippen LogP contribution is 2.29. The van der Waals surface area contributed by atoms with Crippen LogP contribution in [0.3, 0.4) is 0 Å². The van der Waals surface area contributed by atoms with Gasteiger partial charge in [-0.1, -0.05) is 36.4 Å². The molecule has 1 aromatic heterocycles. The average Bonchev–Trinajstić information content (AvgIpc) is 2.89. The van der Waals surface area contributed by atoms with Gasteiger partial charge in [-0.2, -0.15) is 0 Å². The fourth-order valence-electron chi connectivity index (χ4n) is 2.68. The minimum Gasteiger partial charge on any atom is -0.384 e. The van der Waals surface area contributed by atoms with Crippen LogP contribution in [-0.2, 0) is 7.05 Å². The van der Waals surface area contributed by atoms with Gasteiger partial charge in [-0.15, -0.1) is 0 Å². The number of rotatable bonds is 5. The topological polar surface area (TPSA) is 29.9 Å². The zero-order chi connectivity index (χ0) is 15.4. The third-order valence-corrected chi connectivity index (χ3v) is 3.82. The molecule has 0 saturated heterocycles. The molecule has 1 N–H and O–H groups in total. The minimum absolute atomic E-state index is 0.922. The van der Waals surface area contributed by atoms with Gasteiger partial charge in [-0.3, -0.25) is 0 Å². The molecule has 3 aromatic rings. The summed E-state index contributed by atoms with van der Waals surface area (Å²) >= 11 is 0. The van der Waals surface area contributed by atoms with Gasteiger partial charge in [0.1, 0.15) is 5.82 Å². The molecule has 22 heavy (non-hydrogen) atoms. The maximum atomic E-state index is 4.80. The Bertz CT molecular complexity index is 799. The summed E-state index contributed by atoms with van der Waals surface area (Å²) < 4.78 is 2.15. The number of nitrogens with one attached hydrogen (secondary N) is 1. The van der Waals surface area contributed by atoms with Crippen LogP contribution in [-0.4, -0.2) is 16.1 Å². The molecule has 0 saturated carbocycles. The van der Waals surface area contributed by atoms with E-state index < -0.39 is 0 Å². The maximum absolute atomic E-state index is 4.80. The Morgan fingerprint density at radius 3 is 2.68 bits per heavy atom. The van der Waals surface area contributed by atoms with Crippen LogP contribution < -0.4 is 5.32 Å². The van der Waals surface area contributed by atoms with E-state index in [9.17, 15) is 0 Å². The van der Waals surface area contributed by atoms with Crippen molar-refractivity contribution in [2.45, 2.75) is 13.3 Å². The quantitative estimate of drug-likeness (QED) is 0.549. The summed E-state index contributed by atoms with van der Waals surface area (Å²) in [6.07, 6.45) is 5.27. The zero-order valence-corrected chi connectivity index (χ0v) is 13.1. The van der Waals surface area contributed by atoms with Crippen molar-refractivity contribution in [3.05, 3.63) is 60.7 Å². The predicted octanol–water partition coefficient (Wildman–Crippen LogP) is 4.62. The standard InChI is InChI=1S/C19H21N3/c1-3-4-9-14-20-16-11-6-5-10-15(16)19-21-17-12-7-8-13-18(17)22(19)2/h3-8,10-13,20H,9,14H2,1-2H3/b4-3-. The molecule has 112 valence electrons. The van der Waals surface area contributed by atoms with Crippen LogP contribution in [0.15, 0.2) is 60.7 Å². The van der Waals surface area contributed by atoms with Crippen LogP contribution in [0.4, 0.5) is 5.69 Å². The number of anilines is 1. The minimum atomic E-state index is 0.922. The number of benzene rings is 2. The van der Waals surface area contributed by atoms with Crippen LogP contribution in [0.2, 0.25) is 0 Å². The normalized spacial score (nSPS) is 11.4. The first-order chi connectivity index (χ1) is 10.8. The number of aryl methyl sites for hydroxylation is 1. The van der Waals surface area contributed by atoms with Crippen molar-refractivity contribution < 1.29 is 0 Å². The molecule has 1 heterocycles. The Labute approximate surface area is 131 Å². The molecule has 0 aliphatic heterocycles. The van der Waals surface area contributed by atoms with Gasteiger partial charge in [0.05, 0.1) is 11.0 Å². The Morgan fingerprint density at radius 1 is 1.09 bits per heavy atom. The van der Waals surface area contributed by atoms with E-state index in [1.54, 1.807) is 0 Å². The highest BCUT2D eigenvalue weighted by Gasteiger charge is 2.12. The molecule has 2 aromatic carbocycles. The van der Waals surface area contributed by atoms with Gasteiger partial charge in [0.15, 0.2) is 0 Å². The van der Waals surface area contributed by atoms with Crippen LogP contribution in [0.5, 0.6) is 0 Å². The number of hydrogen-bond acceptors (Lipinski definition) is 2. The molecular formula is C19H21N3. The van der Waals surface area contributed by atoms with E-state index in [1.165, 1.54) is 0 Å². The summed E-state index contributed by atoms with van der Waals surface area (Å²) in [5, 5.41) is 3.51. The van der Waals surface area contributed by atoms with Crippen molar-refractivity contribution in [1.82, 2.24) is 9.55 Å². The third kappa shape index (κ3) is 2.75. The molecule has 3 nitrogen and oxygen atoms in total. The average molecular weight is 291 g/mol. The monoisotopic (exact) mass is 291 g/mol. The van der Waals surface area contributed by atoms with Gasteiger partial charge in [0.25, 0.3) is 0 Å². The first-order valence-electron chi connectivity index (χ1n) is 7.67. The zero-order valence-electron chi connectivity index (χ0n) is 13.1. The number of hydrogen-bond donors (Lipinski definition) is 1. The first-order valence-corrected chi connectivity index (χ1v) is 7.67. The van der Waals surface area contributed by atoms with Crippen molar-refractivity contribution in [3.8, 4) is 11.4 Å². The van der Waals surface area contributed by atoms with Crippen molar-refractivity contribution in [3.63, 3.8) is 0 Å². The molecule has 0 spiro atoms. The van der Waals surface area contributed by atoms with Crippen LogP contribution in [0.25, 0.3) is 22.4 Å². The van der Waals surface area contributed by atoms with Crippen LogP contribution in [0, 0.1) is 0 Å². The summed E-state index contributed by atoms with van der Waals surface area (Å²) in [7, 11) is 2.07. The van der Waals surface area contributed by atoms with E-state index in [1.807, 2.05) is 13.0 Å². The van der Waals surface area contributed by atoms with Crippen molar-refractivity contribution in [2.75, 3.05) is 11.9 Å². The number of aromatic nitrogens is 2. The third-order valence-electron chi connectivity index (χ3n) is 3.82. The number of para-hydroxylation sites is 3. The molecule has 0 radical (unpaired) electrons. The Balaban J connectivity index is 1.98. The summed E-state index contributed by atoms with van der Waals surface area (Å²) in [6, 6.07) is 16.6. The van der Waals surface area contributed by atoms with Gasteiger partial charge in [0, 0.05) is 24.8 Å². The summed E-state index contributed by atoms with van der Waals surface area (Å²) in [5.41, 5.74) is 4.46. The van der Waals surface area contributed by atoms with Crippen LogP contribution in [0.1, 0.15) is 13.3 Å². The van der Waals surface area contributed by atoms with Gasteiger partial charge in [-0.25, -0.2) is 4.98 Å². The Hall–Kier alpha value is -2.55. The molecule has 3 rings (SSSR count). The van der Waals surface area contributed by atoms with E-state index in [4.69, 9.17) is 4.98 Å². The van der Waals surface area contributed by atoms with E-state index in [0.717, 1.165) is 41.1 Å². The van der Waals surface area contributed by atoms with E-state index in [0.29, 0.717) is 0 Å². The van der Waals surface area contributed by atoms with E-state index in [2.05, 4.69) is 71.5 Å². The molecule has 0 amide bonds. The molecule has 0 bridgehead atoms. The SMILES string of the molecule is C/C=C\CCNc1ccccc1-c1nc2ccccc2n1C. The Morgan fingerprint density at radius 2 is 1.86 bits per heavy atom. The fourth-order valence-corrected chi connectivity index (χ4v) is 2.68.